The lowest BCUT2D eigenvalue weighted by molar-refractivity contribution is -0.119. The Morgan fingerprint density at radius 2 is 1.82 bits per heavy atom. The SMILES string of the molecule is COC(=O)c1ccc(NC(=S)NNC(=O)CSCC(=O)Nc2nccs2)cc1. The number of anilines is 2. The van der Waals surface area contributed by atoms with Crippen LogP contribution in [0.15, 0.2) is 35.8 Å². The number of hydrazine groups is 1. The minimum Gasteiger partial charge on any atom is -0.465 e. The summed E-state index contributed by atoms with van der Waals surface area (Å²) in [7, 11) is 1.31. The molecule has 9 nitrogen and oxygen atoms in total. The van der Waals surface area contributed by atoms with E-state index in [9.17, 15) is 14.4 Å². The largest absolute Gasteiger partial charge is 0.465 e. The molecule has 148 valence electrons. The van der Waals surface area contributed by atoms with E-state index in [1.165, 1.54) is 18.4 Å². The maximum absolute atomic E-state index is 11.8. The molecule has 0 aliphatic carbocycles. The first-order chi connectivity index (χ1) is 13.5. The second kappa shape index (κ2) is 11.2. The number of thiocarbonyl (C=S) groups is 1. The van der Waals surface area contributed by atoms with E-state index >= 15 is 0 Å². The number of amides is 2. The number of benzene rings is 1. The number of ether oxygens (including phenoxy) is 1. The molecule has 0 bridgehead atoms. The molecule has 0 aliphatic heterocycles. The number of hydrogen-bond donors (Lipinski definition) is 4. The van der Waals surface area contributed by atoms with Gasteiger partial charge < -0.3 is 15.4 Å². The number of nitrogens with one attached hydrogen (secondary N) is 4. The highest BCUT2D eigenvalue weighted by Gasteiger charge is 2.08. The number of nitrogens with zero attached hydrogens (tertiary/aromatic N) is 1. The first-order valence-electron chi connectivity index (χ1n) is 7.79. The molecule has 0 saturated heterocycles. The van der Waals surface area contributed by atoms with Gasteiger partial charge in [-0.05, 0) is 36.5 Å². The van der Waals surface area contributed by atoms with Crippen LogP contribution >= 0.6 is 35.3 Å². The molecule has 1 aromatic heterocycles. The van der Waals surface area contributed by atoms with E-state index in [2.05, 4.69) is 31.2 Å². The number of thioether (sulfide) groups is 1. The number of aromatic nitrogens is 1. The third kappa shape index (κ3) is 7.50. The van der Waals surface area contributed by atoms with Gasteiger partial charge >= 0.3 is 5.97 Å². The van der Waals surface area contributed by atoms with Crippen LogP contribution in [0, 0.1) is 0 Å². The number of hydrogen-bond acceptors (Lipinski definition) is 8. The van der Waals surface area contributed by atoms with Crippen LogP contribution in [-0.4, -0.2) is 46.5 Å². The lowest BCUT2D eigenvalue weighted by Crippen LogP contribution is -2.44. The predicted molar refractivity (Wildman–Crippen MR) is 113 cm³/mol. The Labute approximate surface area is 174 Å². The standard InChI is InChI=1S/C16H17N5O4S3/c1-25-14(24)10-2-4-11(5-3-10)18-15(26)21-20-13(23)9-27-8-12(22)19-16-17-6-7-28-16/h2-7H,8-9H2,1H3,(H,20,23)(H,17,19,22)(H2,18,21,26). The summed E-state index contributed by atoms with van der Waals surface area (Å²) in [5, 5.41) is 7.93. The maximum atomic E-state index is 11.8. The molecule has 2 aromatic rings. The van der Waals surface area contributed by atoms with Crippen molar-refractivity contribution in [3.05, 3.63) is 41.4 Å². The van der Waals surface area contributed by atoms with E-state index in [-0.39, 0.29) is 28.4 Å². The van der Waals surface area contributed by atoms with Crippen molar-refractivity contribution in [1.82, 2.24) is 15.8 Å². The Morgan fingerprint density at radius 1 is 1.11 bits per heavy atom. The molecule has 0 saturated carbocycles. The lowest BCUT2D eigenvalue weighted by Gasteiger charge is -2.11. The van der Waals surface area contributed by atoms with E-state index < -0.39 is 5.97 Å². The molecular formula is C16H17N5O4S3. The van der Waals surface area contributed by atoms with Crippen molar-refractivity contribution in [3.63, 3.8) is 0 Å². The molecule has 2 amide bonds. The van der Waals surface area contributed by atoms with Crippen molar-refractivity contribution in [3.8, 4) is 0 Å². The van der Waals surface area contributed by atoms with Crippen molar-refractivity contribution >= 4 is 69.0 Å². The van der Waals surface area contributed by atoms with E-state index in [1.807, 2.05) is 0 Å². The fourth-order valence-electron chi connectivity index (χ4n) is 1.81. The quantitative estimate of drug-likeness (QED) is 0.290. The van der Waals surface area contributed by atoms with Crippen LogP contribution in [0.4, 0.5) is 10.8 Å². The average molecular weight is 440 g/mol. The van der Waals surface area contributed by atoms with Gasteiger partial charge in [-0.3, -0.25) is 20.4 Å². The number of carbonyl (C=O) groups excluding carboxylic acids is 3. The fourth-order valence-corrected chi connectivity index (χ4v) is 3.14. The highest BCUT2D eigenvalue weighted by Crippen LogP contribution is 2.11. The number of thiazole rings is 1. The van der Waals surface area contributed by atoms with E-state index in [1.54, 1.807) is 35.8 Å². The van der Waals surface area contributed by atoms with Gasteiger partial charge in [0, 0.05) is 17.3 Å². The van der Waals surface area contributed by atoms with E-state index in [0.29, 0.717) is 16.4 Å². The van der Waals surface area contributed by atoms with Crippen LogP contribution in [0.25, 0.3) is 0 Å². The first kappa shape index (κ1) is 21.6. The summed E-state index contributed by atoms with van der Waals surface area (Å²) in [6.45, 7) is 0. The van der Waals surface area contributed by atoms with Gasteiger partial charge in [-0.15, -0.1) is 23.1 Å². The van der Waals surface area contributed by atoms with Crippen molar-refractivity contribution in [1.29, 1.82) is 0 Å². The summed E-state index contributed by atoms with van der Waals surface area (Å²) < 4.78 is 4.62. The highest BCUT2D eigenvalue weighted by atomic mass is 32.2. The molecule has 0 unspecified atom stereocenters. The number of methoxy groups -OCH3 is 1. The summed E-state index contributed by atoms with van der Waals surface area (Å²) in [5.74, 6) is -0.792. The molecule has 0 atom stereocenters. The summed E-state index contributed by atoms with van der Waals surface area (Å²) in [6, 6.07) is 6.48. The number of rotatable bonds is 7. The number of carbonyl (C=O) groups is 3. The van der Waals surface area contributed by atoms with Gasteiger partial charge in [-0.1, -0.05) is 0 Å². The van der Waals surface area contributed by atoms with Gasteiger partial charge in [-0.25, -0.2) is 9.78 Å². The maximum Gasteiger partial charge on any atom is 0.337 e. The molecule has 28 heavy (non-hydrogen) atoms. The van der Waals surface area contributed by atoms with Crippen LogP contribution in [0.3, 0.4) is 0 Å². The normalized spacial score (nSPS) is 9.89. The summed E-state index contributed by atoms with van der Waals surface area (Å²) in [4.78, 5) is 38.8. The van der Waals surface area contributed by atoms with Gasteiger partial charge in [-0.2, -0.15) is 0 Å². The molecule has 1 aromatic carbocycles. The van der Waals surface area contributed by atoms with Crippen LogP contribution < -0.4 is 21.5 Å². The zero-order valence-corrected chi connectivity index (χ0v) is 17.1. The van der Waals surface area contributed by atoms with Gasteiger partial charge in [0.25, 0.3) is 0 Å². The topological polar surface area (TPSA) is 121 Å². The second-order valence-corrected chi connectivity index (χ2v) is 7.36. The Kier molecular flexibility index (Phi) is 8.65. The molecule has 12 heteroatoms. The zero-order valence-electron chi connectivity index (χ0n) is 14.7. The predicted octanol–water partition coefficient (Wildman–Crippen LogP) is 1.62. The first-order valence-corrected chi connectivity index (χ1v) is 10.2. The van der Waals surface area contributed by atoms with Crippen molar-refractivity contribution in [2.75, 3.05) is 29.2 Å². The molecule has 2 rings (SSSR count). The van der Waals surface area contributed by atoms with Gasteiger partial charge in [0.1, 0.15) is 0 Å². The minimum atomic E-state index is -0.433. The van der Waals surface area contributed by atoms with Crippen molar-refractivity contribution < 1.29 is 19.1 Å². The molecule has 0 aliphatic rings. The smallest absolute Gasteiger partial charge is 0.337 e. The summed E-state index contributed by atoms with van der Waals surface area (Å²) >= 11 is 7.55. The van der Waals surface area contributed by atoms with E-state index in [4.69, 9.17) is 12.2 Å². The molecule has 1 heterocycles. The molecular weight excluding hydrogens is 422 g/mol. The zero-order chi connectivity index (χ0) is 20.4. The van der Waals surface area contributed by atoms with Crippen LogP contribution in [0.2, 0.25) is 0 Å². The van der Waals surface area contributed by atoms with Crippen LogP contribution in [0.5, 0.6) is 0 Å². The fraction of sp³-hybridized carbons (Fsp3) is 0.188. The average Bonchev–Trinajstić information content (AvgIpc) is 3.19. The monoisotopic (exact) mass is 439 g/mol. The second-order valence-electron chi connectivity index (χ2n) is 5.07. The van der Waals surface area contributed by atoms with Crippen molar-refractivity contribution in [2.24, 2.45) is 0 Å². The van der Waals surface area contributed by atoms with Gasteiger partial charge in [0.15, 0.2) is 10.2 Å². The van der Waals surface area contributed by atoms with Gasteiger partial charge in [0.05, 0.1) is 24.2 Å². The number of esters is 1. The Hall–Kier alpha value is -2.70. The third-order valence-electron chi connectivity index (χ3n) is 3.02. The third-order valence-corrected chi connectivity index (χ3v) is 4.85. The van der Waals surface area contributed by atoms with Crippen LogP contribution in [0.1, 0.15) is 10.4 Å². The molecule has 4 N–H and O–H groups in total. The van der Waals surface area contributed by atoms with Crippen molar-refractivity contribution in [2.45, 2.75) is 0 Å². The Morgan fingerprint density at radius 3 is 2.46 bits per heavy atom. The highest BCUT2D eigenvalue weighted by molar-refractivity contribution is 8.00. The molecule has 0 radical (unpaired) electrons. The van der Waals surface area contributed by atoms with Gasteiger partial charge in [0.2, 0.25) is 11.8 Å². The van der Waals surface area contributed by atoms with E-state index in [0.717, 1.165) is 11.8 Å². The molecule has 0 spiro atoms. The lowest BCUT2D eigenvalue weighted by atomic mass is 10.2. The Balaban J connectivity index is 1.63. The molecule has 0 fully saturated rings. The Bertz CT molecular complexity index is 827. The minimum absolute atomic E-state index is 0.0781. The van der Waals surface area contributed by atoms with Crippen LogP contribution in [-0.2, 0) is 14.3 Å². The summed E-state index contributed by atoms with van der Waals surface area (Å²) in [6.07, 6.45) is 1.59. The summed E-state index contributed by atoms with van der Waals surface area (Å²) in [5.41, 5.74) is 6.04.